The molecular weight excluding hydrogens is 294 g/mol. The third-order valence-corrected chi connectivity index (χ3v) is 4.58. The lowest BCUT2D eigenvalue weighted by Crippen LogP contribution is -2.52. The van der Waals surface area contributed by atoms with Crippen molar-refractivity contribution in [3.63, 3.8) is 0 Å². The molecule has 0 saturated carbocycles. The van der Waals surface area contributed by atoms with E-state index in [1.54, 1.807) is 4.90 Å². The van der Waals surface area contributed by atoms with Crippen molar-refractivity contribution < 1.29 is 14.4 Å². The van der Waals surface area contributed by atoms with Gasteiger partial charge in [-0.05, 0) is 12.3 Å². The fraction of sp³-hybridized carbons (Fsp3) is 0.824. The summed E-state index contributed by atoms with van der Waals surface area (Å²) in [7, 11) is 0. The van der Waals surface area contributed by atoms with Crippen LogP contribution < -0.4 is 0 Å². The normalized spacial score (nSPS) is 22.2. The lowest BCUT2D eigenvalue weighted by molar-refractivity contribution is -0.142. The molecule has 0 bridgehead atoms. The van der Waals surface area contributed by atoms with Crippen molar-refractivity contribution in [2.45, 2.75) is 40.0 Å². The molecule has 0 spiro atoms. The van der Waals surface area contributed by atoms with E-state index in [2.05, 4.69) is 0 Å². The molecule has 6 heteroatoms. The summed E-state index contributed by atoms with van der Waals surface area (Å²) in [4.78, 5) is 42.0. The third kappa shape index (κ3) is 4.45. The zero-order valence-corrected chi connectivity index (χ0v) is 14.6. The average molecular weight is 323 g/mol. The summed E-state index contributed by atoms with van der Waals surface area (Å²) >= 11 is 0. The highest BCUT2D eigenvalue weighted by Crippen LogP contribution is 2.21. The van der Waals surface area contributed by atoms with E-state index in [9.17, 15) is 14.4 Å². The van der Waals surface area contributed by atoms with Gasteiger partial charge in [0.25, 0.3) is 0 Å². The Labute approximate surface area is 138 Å². The Hall–Kier alpha value is -1.59. The molecule has 0 aliphatic carbocycles. The van der Waals surface area contributed by atoms with Gasteiger partial charge in [0.2, 0.25) is 17.7 Å². The number of nitrogens with zero attached hydrogens (tertiary/aromatic N) is 3. The molecule has 130 valence electrons. The van der Waals surface area contributed by atoms with Gasteiger partial charge in [0.1, 0.15) is 0 Å². The summed E-state index contributed by atoms with van der Waals surface area (Å²) in [5, 5.41) is 0. The zero-order valence-electron chi connectivity index (χ0n) is 14.6. The van der Waals surface area contributed by atoms with Crippen LogP contribution in [0.4, 0.5) is 0 Å². The molecule has 2 fully saturated rings. The van der Waals surface area contributed by atoms with E-state index in [1.165, 1.54) is 0 Å². The van der Waals surface area contributed by atoms with Gasteiger partial charge in [-0.25, -0.2) is 0 Å². The second-order valence-electron chi connectivity index (χ2n) is 7.04. The molecule has 0 aromatic heterocycles. The first-order valence-corrected chi connectivity index (χ1v) is 8.76. The van der Waals surface area contributed by atoms with Crippen LogP contribution in [0.15, 0.2) is 0 Å². The number of piperazine rings is 1. The second-order valence-corrected chi connectivity index (χ2v) is 7.04. The topological polar surface area (TPSA) is 60.9 Å². The molecule has 0 N–H and O–H groups in total. The molecule has 23 heavy (non-hydrogen) atoms. The van der Waals surface area contributed by atoms with Crippen molar-refractivity contribution in [3.8, 4) is 0 Å². The number of amides is 3. The number of likely N-dealkylation sites (tertiary alicyclic amines) is 1. The highest BCUT2D eigenvalue weighted by Gasteiger charge is 2.37. The van der Waals surface area contributed by atoms with E-state index in [0.29, 0.717) is 51.5 Å². The van der Waals surface area contributed by atoms with Crippen LogP contribution in [0.3, 0.4) is 0 Å². The van der Waals surface area contributed by atoms with Gasteiger partial charge < -0.3 is 14.7 Å². The summed E-state index contributed by atoms with van der Waals surface area (Å²) < 4.78 is 0. The van der Waals surface area contributed by atoms with E-state index < -0.39 is 0 Å². The summed E-state index contributed by atoms with van der Waals surface area (Å²) in [5.41, 5.74) is 0. The first-order chi connectivity index (χ1) is 10.9. The molecule has 2 heterocycles. The lowest BCUT2D eigenvalue weighted by Gasteiger charge is -2.36. The van der Waals surface area contributed by atoms with Crippen LogP contribution in [0, 0.1) is 11.8 Å². The predicted molar refractivity (Wildman–Crippen MR) is 87.6 cm³/mol. The first kappa shape index (κ1) is 17.8. The minimum absolute atomic E-state index is 0.0768. The van der Waals surface area contributed by atoms with Gasteiger partial charge in [-0.2, -0.15) is 0 Å². The minimum Gasteiger partial charge on any atom is -0.342 e. The van der Waals surface area contributed by atoms with Gasteiger partial charge in [0.05, 0.1) is 5.92 Å². The number of carbonyl (C=O) groups is 3. The van der Waals surface area contributed by atoms with E-state index >= 15 is 0 Å². The van der Waals surface area contributed by atoms with Gasteiger partial charge in [-0.15, -0.1) is 0 Å². The quantitative estimate of drug-likeness (QED) is 0.757. The smallest absolute Gasteiger partial charge is 0.228 e. The number of rotatable bonds is 5. The van der Waals surface area contributed by atoms with Crippen LogP contribution in [-0.2, 0) is 14.4 Å². The van der Waals surface area contributed by atoms with Crippen LogP contribution >= 0.6 is 0 Å². The first-order valence-electron chi connectivity index (χ1n) is 8.76. The molecule has 3 amide bonds. The van der Waals surface area contributed by atoms with E-state index in [-0.39, 0.29) is 23.6 Å². The van der Waals surface area contributed by atoms with Crippen molar-refractivity contribution in [3.05, 3.63) is 0 Å². The van der Waals surface area contributed by atoms with Crippen molar-refractivity contribution in [2.24, 2.45) is 11.8 Å². The Bertz CT molecular complexity index is 456. The molecule has 2 aliphatic heterocycles. The van der Waals surface area contributed by atoms with Gasteiger partial charge in [0, 0.05) is 52.1 Å². The summed E-state index contributed by atoms with van der Waals surface area (Å²) in [6.07, 6.45) is 1.83. The minimum atomic E-state index is -0.202. The largest absolute Gasteiger partial charge is 0.342 e. The fourth-order valence-electron chi connectivity index (χ4n) is 3.34. The van der Waals surface area contributed by atoms with Gasteiger partial charge in [0.15, 0.2) is 0 Å². The third-order valence-electron chi connectivity index (χ3n) is 4.58. The van der Waals surface area contributed by atoms with Crippen molar-refractivity contribution in [1.82, 2.24) is 14.7 Å². The molecule has 2 rings (SSSR count). The fourth-order valence-corrected chi connectivity index (χ4v) is 3.34. The van der Waals surface area contributed by atoms with E-state index in [0.717, 1.165) is 13.0 Å². The molecule has 2 aliphatic rings. The molecule has 0 aromatic rings. The maximum absolute atomic E-state index is 12.6. The van der Waals surface area contributed by atoms with E-state index in [1.807, 2.05) is 30.6 Å². The van der Waals surface area contributed by atoms with Crippen LogP contribution in [0.1, 0.15) is 40.0 Å². The summed E-state index contributed by atoms with van der Waals surface area (Å²) in [6, 6.07) is 0. The highest BCUT2D eigenvalue weighted by atomic mass is 16.2. The number of hydrogen-bond donors (Lipinski definition) is 0. The van der Waals surface area contributed by atoms with Crippen LogP contribution in [0.25, 0.3) is 0 Å². The Morgan fingerprint density at radius 3 is 2.30 bits per heavy atom. The Kier molecular flexibility index (Phi) is 6.02. The second kappa shape index (κ2) is 7.79. The molecule has 0 aromatic carbocycles. The number of carbonyl (C=O) groups excluding carboxylic acids is 3. The monoisotopic (exact) mass is 323 g/mol. The summed E-state index contributed by atoms with van der Waals surface area (Å²) in [5.74, 6) is 0.504. The SMILES string of the molecule is CCCN1CC(C(=O)N2CCN(C(=O)CC(C)C)CC2)CC1=O. The molecule has 2 saturated heterocycles. The molecule has 1 unspecified atom stereocenters. The molecular formula is C17H29N3O3. The number of hydrogen-bond acceptors (Lipinski definition) is 3. The summed E-state index contributed by atoms with van der Waals surface area (Å²) in [6.45, 7) is 9.79. The van der Waals surface area contributed by atoms with Gasteiger partial charge >= 0.3 is 0 Å². The van der Waals surface area contributed by atoms with Gasteiger partial charge in [-0.3, -0.25) is 14.4 Å². The molecule has 6 nitrogen and oxygen atoms in total. The standard InChI is InChI=1S/C17H29N3O3/c1-4-5-20-12-14(11-16(20)22)17(23)19-8-6-18(7-9-19)15(21)10-13(2)3/h13-14H,4-12H2,1-3H3. The van der Waals surface area contributed by atoms with Crippen LogP contribution in [0.2, 0.25) is 0 Å². The Balaban J connectivity index is 1.82. The van der Waals surface area contributed by atoms with Crippen molar-refractivity contribution >= 4 is 17.7 Å². The van der Waals surface area contributed by atoms with E-state index in [4.69, 9.17) is 0 Å². The maximum Gasteiger partial charge on any atom is 0.228 e. The van der Waals surface area contributed by atoms with Crippen LogP contribution in [-0.4, -0.2) is 71.7 Å². The predicted octanol–water partition coefficient (Wildman–Crippen LogP) is 0.962. The average Bonchev–Trinajstić information content (AvgIpc) is 2.87. The maximum atomic E-state index is 12.6. The van der Waals surface area contributed by atoms with Crippen LogP contribution in [0.5, 0.6) is 0 Å². The Morgan fingerprint density at radius 1 is 1.13 bits per heavy atom. The highest BCUT2D eigenvalue weighted by molar-refractivity contribution is 5.89. The molecule has 0 radical (unpaired) electrons. The lowest BCUT2D eigenvalue weighted by atomic mass is 10.1. The molecule has 1 atom stereocenters. The Morgan fingerprint density at radius 2 is 1.74 bits per heavy atom. The van der Waals surface area contributed by atoms with Crippen molar-refractivity contribution in [2.75, 3.05) is 39.3 Å². The van der Waals surface area contributed by atoms with Crippen molar-refractivity contribution in [1.29, 1.82) is 0 Å². The zero-order chi connectivity index (χ0) is 17.0. The van der Waals surface area contributed by atoms with Gasteiger partial charge in [-0.1, -0.05) is 20.8 Å².